The predicted octanol–water partition coefficient (Wildman–Crippen LogP) is 2.50. The number of rotatable bonds is 5. The van der Waals surface area contributed by atoms with E-state index in [4.69, 9.17) is 4.74 Å². The molecular weight excluding hydrogens is 340 g/mol. The van der Waals surface area contributed by atoms with Crippen molar-refractivity contribution < 1.29 is 17.9 Å². The molecule has 0 aliphatic carbocycles. The smallest absolute Gasteiger partial charge is 0.253 e. The van der Waals surface area contributed by atoms with Crippen LogP contribution in [-0.2, 0) is 10.0 Å². The highest BCUT2D eigenvalue weighted by atomic mass is 32.2. The first-order valence-electron chi connectivity index (χ1n) is 8.63. The normalized spacial score (nSPS) is 21.4. The summed E-state index contributed by atoms with van der Waals surface area (Å²) >= 11 is 0. The number of methoxy groups -OCH3 is 1. The number of carbonyl (C=O) groups excluding carboxylic acids is 1. The van der Waals surface area contributed by atoms with E-state index in [0.717, 1.165) is 6.42 Å². The van der Waals surface area contributed by atoms with Gasteiger partial charge in [-0.3, -0.25) is 4.79 Å². The van der Waals surface area contributed by atoms with E-state index in [-0.39, 0.29) is 22.6 Å². The third kappa shape index (κ3) is 4.73. The van der Waals surface area contributed by atoms with Crippen molar-refractivity contribution in [1.82, 2.24) is 9.62 Å². The largest absolute Gasteiger partial charge is 0.495 e. The van der Waals surface area contributed by atoms with Crippen molar-refractivity contribution in [3.63, 3.8) is 0 Å². The van der Waals surface area contributed by atoms with E-state index in [9.17, 15) is 13.2 Å². The summed E-state index contributed by atoms with van der Waals surface area (Å²) in [6.45, 7) is 9.15. The number of nitrogens with one attached hydrogen (secondary N) is 1. The third-order valence-electron chi connectivity index (χ3n) is 4.25. The van der Waals surface area contributed by atoms with Gasteiger partial charge in [-0.15, -0.1) is 0 Å². The molecule has 1 aromatic carbocycles. The van der Waals surface area contributed by atoms with E-state index in [2.05, 4.69) is 18.6 Å². The first-order chi connectivity index (χ1) is 11.6. The molecule has 0 aromatic heterocycles. The second-order valence-electron chi connectivity index (χ2n) is 7.30. The Balaban J connectivity index is 2.37. The van der Waals surface area contributed by atoms with Crippen molar-refractivity contribution in [2.45, 2.75) is 45.1 Å². The van der Waals surface area contributed by atoms with Crippen LogP contribution >= 0.6 is 0 Å². The number of likely N-dealkylation sites (tertiary alicyclic amines) is 1. The minimum atomic E-state index is -3.76. The molecule has 1 aliphatic heterocycles. The first kappa shape index (κ1) is 19.7. The zero-order valence-corrected chi connectivity index (χ0v) is 16.4. The van der Waals surface area contributed by atoms with Gasteiger partial charge in [-0.05, 0) is 50.3 Å². The second-order valence-corrected chi connectivity index (χ2v) is 8.98. The second kappa shape index (κ2) is 7.74. The summed E-state index contributed by atoms with van der Waals surface area (Å²) in [5, 5.41) is 0. The molecule has 0 spiro atoms. The molecule has 140 valence electrons. The molecule has 1 aromatic rings. The van der Waals surface area contributed by atoms with Crippen LogP contribution in [0.5, 0.6) is 5.75 Å². The number of sulfonamides is 1. The monoisotopic (exact) mass is 368 g/mol. The molecule has 2 unspecified atom stereocenters. The molecular formula is C18H28N2O4S. The Kier molecular flexibility index (Phi) is 6.11. The number of nitrogens with zero attached hydrogens (tertiary/aromatic N) is 1. The summed E-state index contributed by atoms with van der Waals surface area (Å²) < 4.78 is 32.8. The molecule has 25 heavy (non-hydrogen) atoms. The molecule has 2 rings (SSSR count). The van der Waals surface area contributed by atoms with Gasteiger partial charge in [0.25, 0.3) is 5.91 Å². The number of hydrogen-bond donors (Lipinski definition) is 1. The topological polar surface area (TPSA) is 75.7 Å². The lowest BCUT2D eigenvalue weighted by atomic mass is 9.91. The summed E-state index contributed by atoms with van der Waals surface area (Å²) in [4.78, 5) is 14.7. The fourth-order valence-corrected chi connectivity index (χ4v) is 4.85. The van der Waals surface area contributed by atoms with Gasteiger partial charge in [0.1, 0.15) is 10.6 Å². The summed E-state index contributed by atoms with van der Waals surface area (Å²) in [6.07, 6.45) is 1.10. The maximum atomic E-state index is 12.9. The maximum Gasteiger partial charge on any atom is 0.253 e. The van der Waals surface area contributed by atoms with Gasteiger partial charge < -0.3 is 9.64 Å². The van der Waals surface area contributed by atoms with Crippen molar-refractivity contribution in [2.24, 2.45) is 11.8 Å². The zero-order valence-electron chi connectivity index (χ0n) is 15.6. The molecule has 2 atom stereocenters. The zero-order chi connectivity index (χ0) is 18.8. The van der Waals surface area contributed by atoms with Crippen molar-refractivity contribution in [1.29, 1.82) is 0 Å². The maximum absolute atomic E-state index is 12.9. The summed E-state index contributed by atoms with van der Waals surface area (Å²) in [6, 6.07) is 4.33. The quantitative estimate of drug-likeness (QED) is 0.866. The van der Waals surface area contributed by atoms with Gasteiger partial charge in [0.2, 0.25) is 10.0 Å². The van der Waals surface area contributed by atoms with E-state index < -0.39 is 10.0 Å². The van der Waals surface area contributed by atoms with Crippen LogP contribution in [-0.4, -0.2) is 45.5 Å². The molecule has 1 N–H and O–H groups in total. The number of amides is 1. The lowest BCUT2D eigenvalue weighted by molar-refractivity contribution is 0.0623. The Morgan fingerprint density at radius 3 is 2.36 bits per heavy atom. The lowest BCUT2D eigenvalue weighted by Crippen LogP contribution is -2.42. The molecule has 1 fully saturated rings. The van der Waals surface area contributed by atoms with Crippen molar-refractivity contribution in [3.05, 3.63) is 23.8 Å². The van der Waals surface area contributed by atoms with Crippen LogP contribution in [0.2, 0.25) is 0 Å². The van der Waals surface area contributed by atoms with Crippen LogP contribution in [0.4, 0.5) is 0 Å². The Morgan fingerprint density at radius 1 is 1.24 bits per heavy atom. The van der Waals surface area contributed by atoms with E-state index in [1.807, 2.05) is 4.90 Å². The highest BCUT2D eigenvalue weighted by molar-refractivity contribution is 7.89. The van der Waals surface area contributed by atoms with Crippen molar-refractivity contribution >= 4 is 15.9 Å². The van der Waals surface area contributed by atoms with Gasteiger partial charge in [0, 0.05) is 24.7 Å². The minimum Gasteiger partial charge on any atom is -0.495 e. The first-order valence-corrected chi connectivity index (χ1v) is 10.1. The molecule has 0 bridgehead atoms. The molecule has 6 nitrogen and oxygen atoms in total. The van der Waals surface area contributed by atoms with Crippen molar-refractivity contribution in [3.8, 4) is 5.75 Å². The van der Waals surface area contributed by atoms with Gasteiger partial charge in [-0.2, -0.15) is 0 Å². The number of carbonyl (C=O) groups is 1. The van der Waals surface area contributed by atoms with Crippen molar-refractivity contribution in [2.75, 3.05) is 20.2 Å². The van der Waals surface area contributed by atoms with E-state index in [1.54, 1.807) is 26.0 Å². The third-order valence-corrected chi connectivity index (χ3v) is 5.93. The number of hydrogen-bond acceptors (Lipinski definition) is 4. The van der Waals surface area contributed by atoms with Gasteiger partial charge in [0.15, 0.2) is 0 Å². The molecule has 1 saturated heterocycles. The van der Waals surface area contributed by atoms with Crippen LogP contribution in [0, 0.1) is 11.8 Å². The number of piperidine rings is 1. The summed E-state index contributed by atoms with van der Waals surface area (Å²) in [7, 11) is -2.34. The molecule has 0 saturated carbocycles. The van der Waals surface area contributed by atoms with E-state index in [1.165, 1.54) is 13.2 Å². The van der Waals surface area contributed by atoms with Crippen LogP contribution in [0.3, 0.4) is 0 Å². The fraction of sp³-hybridized carbons (Fsp3) is 0.611. The summed E-state index contributed by atoms with van der Waals surface area (Å²) in [5.41, 5.74) is 0.367. The van der Waals surface area contributed by atoms with Crippen LogP contribution in [0.25, 0.3) is 0 Å². The van der Waals surface area contributed by atoms with Crippen LogP contribution in [0.1, 0.15) is 44.5 Å². The SMILES string of the molecule is COc1ccc(C(=O)N2CC(C)CC(C)C2)cc1S(=O)(=O)NC(C)C. The molecule has 1 amide bonds. The highest BCUT2D eigenvalue weighted by Crippen LogP contribution is 2.27. The average Bonchev–Trinajstić information content (AvgIpc) is 2.51. The molecule has 0 radical (unpaired) electrons. The van der Waals surface area contributed by atoms with Gasteiger partial charge in [-0.25, -0.2) is 13.1 Å². The fourth-order valence-electron chi connectivity index (χ4n) is 3.40. The molecule has 7 heteroatoms. The standard InChI is InChI=1S/C18H28N2O4S/c1-12(2)19-25(22,23)17-9-15(6-7-16(17)24-5)18(21)20-10-13(3)8-14(4)11-20/h6-7,9,12-14,19H,8,10-11H2,1-5H3. The Hall–Kier alpha value is -1.60. The average molecular weight is 368 g/mol. The van der Waals surface area contributed by atoms with Gasteiger partial charge >= 0.3 is 0 Å². The van der Waals surface area contributed by atoms with E-state index in [0.29, 0.717) is 30.5 Å². The number of benzene rings is 1. The Bertz CT molecular complexity index is 721. The number of ether oxygens (including phenoxy) is 1. The predicted molar refractivity (Wildman–Crippen MR) is 97.3 cm³/mol. The lowest BCUT2D eigenvalue weighted by Gasteiger charge is -2.35. The highest BCUT2D eigenvalue weighted by Gasteiger charge is 2.28. The van der Waals surface area contributed by atoms with E-state index >= 15 is 0 Å². The summed E-state index contributed by atoms with van der Waals surface area (Å²) in [5.74, 6) is 0.973. The van der Waals surface area contributed by atoms with Gasteiger partial charge in [-0.1, -0.05) is 13.8 Å². The molecule has 1 heterocycles. The van der Waals surface area contributed by atoms with Gasteiger partial charge in [0.05, 0.1) is 7.11 Å². The Morgan fingerprint density at radius 2 is 1.84 bits per heavy atom. The molecule has 1 aliphatic rings. The van der Waals surface area contributed by atoms with Crippen LogP contribution in [0.15, 0.2) is 23.1 Å². The Labute approximate surface area is 150 Å². The minimum absolute atomic E-state index is 0.00680. The van der Waals surface area contributed by atoms with Crippen LogP contribution < -0.4 is 9.46 Å².